The molecule has 0 amide bonds. The minimum Gasteiger partial charge on any atom is -0.480 e. The average molecular weight is 412 g/mol. The molecule has 4 rings (SSSR count). The van der Waals surface area contributed by atoms with E-state index in [2.05, 4.69) is 15.1 Å². The molecule has 1 aromatic carbocycles. The van der Waals surface area contributed by atoms with Gasteiger partial charge in [-0.15, -0.1) is 0 Å². The first kappa shape index (κ1) is 19.4. The maximum absolute atomic E-state index is 14.2. The Labute approximate surface area is 160 Å². The minimum absolute atomic E-state index is 0.00427. The first-order valence-electron chi connectivity index (χ1n) is 8.73. The summed E-state index contributed by atoms with van der Waals surface area (Å²) >= 11 is 0. The number of aliphatic hydroxyl groups excluding tert-OH is 1. The fourth-order valence-corrected chi connectivity index (χ4v) is 3.63. The summed E-state index contributed by atoms with van der Waals surface area (Å²) in [5.74, 6) is -1.42. The number of aromatic amines is 1. The van der Waals surface area contributed by atoms with E-state index in [1.165, 1.54) is 10.7 Å². The summed E-state index contributed by atoms with van der Waals surface area (Å²) in [7, 11) is 0. The Morgan fingerprint density at radius 1 is 1.34 bits per heavy atom. The molecule has 29 heavy (non-hydrogen) atoms. The van der Waals surface area contributed by atoms with Gasteiger partial charge in [0.2, 0.25) is 0 Å². The van der Waals surface area contributed by atoms with Gasteiger partial charge in [0.15, 0.2) is 5.65 Å². The van der Waals surface area contributed by atoms with E-state index >= 15 is 0 Å². The Balaban J connectivity index is 1.95. The summed E-state index contributed by atoms with van der Waals surface area (Å²) < 4.78 is 54.3. The van der Waals surface area contributed by atoms with Crippen molar-refractivity contribution in [3.05, 3.63) is 51.2 Å². The average Bonchev–Trinajstić information content (AvgIpc) is 3.24. The van der Waals surface area contributed by atoms with Crippen LogP contribution in [0.2, 0.25) is 0 Å². The number of aromatic nitrogens is 4. The van der Waals surface area contributed by atoms with E-state index in [9.17, 15) is 32.6 Å². The van der Waals surface area contributed by atoms with Gasteiger partial charge in [0, 0.05) is 0 Å². The molecule has 7 nitrogen and oxygen atoms in total. The summed E-state index contributed by atoms with van der Waals surface area (Å²) in [5, 5.41) is 23.5. The quantitative estimate of drug-likeness (QED) is 0.572. The van der Waals surface area contributed by atoms with Gasteiger partial charge in [-0.25, -0.2) is 9.07 Å². The molecule has 3 aromatic rings. The molecule has 1 saturated carbocycles. The first-order chi connectivity index (χ1) is 13.5. The molecule has 11 heteroatoms. The second-order valence-corrected chi connectivity index (χ2v) is 7.43. The molecule has 1 unspecified atom stereocenters. The van der Waals surface area contributed by atoms with Crippen molar-refractivity contribution in [3.8, 4) is 6.01 Å². The van der Waals surface area contributed by atoms with Crippen LogP contribution in [0, 0.1) is 11.2 Å². The molecule has 1 fully saturated rings. The van der Waals surface area contributed by atoms with Crippen molar-refractivity contribution in [1.82, 2.24) is 19.7 Å². The van der Waals surface area contributed by atoms with E-state index < -0.39 is 47.2 Å². The Bertz CT molecular complexity index is 1160. The number of halogens is 4. The Kier molecular flexibility index (Phi) is 4.19. The standard InChI is InChI=1S/C18H16F4N4O3/c1-17(4-5-17)13(8-2-3-9(10(19)6-8)18(20,21)22)26-14-12(11(7-27)25-26)15(28)24-16(29)23-14/h2-3,6,13,27H,4-5,7H2,1H3,(H2,23,24,28,29). The molecular weight excluding hydrogens is 396 g/mol. The van der Waals surface area contributed by atoms with Crippen LogP contribution >= 0.6 is 0 Å². The van der Waals surface area contributed by atoms with Gasteiger partial charge in [0.25, 0.3) is 11.6 Å². The normalized spacial score (nSPS) is 16.9. The van der Waals surface area contributed by atoms with E-state index in [1.807, 2.05) is 6.92 Å². The van der Waals surface area contributed by atoms with E-state index in [0.717, 1.165) is 6.07 Å². The van der Waals surface area contributed by atoms with E-state index in [-0.39, 0.29) is 22.3 Å². The molecule has 2 heterocycles. The van der Waals surface area contributed by atoms with Crippen molar-refractivity contribution in [2.24, 2.45) is 5.41 Å². The van der Waals surface area contributed by atoms with Gasteiger partial charge in [-0.2, -0.15) is 23.3 Å². The molecule has 3 N–H and O–H groups in total. The second-order valence-electron chi connectivity index (χ2n) is 7.43. The van der Waals surface area contributed by atoms with Crippen LogP contribution in [0.25, 0.3) is 11.0 Å². The topological polar surface area (TPSA) is 104 Å². The second kappa shape index (κ2) is 6.28. The summed E-state index contributed by atoms with van der Waals surface area (Å²) in [6, 6.07) is 1.21. The lowest BCUT2D eigenvalue weighted by atomic mass is 9.91. The predicted molar refractivity (Wildman–Crippen MR) is 92.6 cm³/mol. The molecule has 0 bridgehead atoms. The first-order valence-corrected chi connectivity index (χ1v) is 8.73. The van der Waals surface area contributed by atoms with Crippen molar-refractivity contribution in [2.75, 3.05) is 0 Å². The third-order valence-electron chi connectivity index (χ3n) is 5.33. The number of hydrogen-bond acceptors (Lipinski definition) is 5. The van der Waals surface area contributed by atoms with Crippen LogP contribution < -0.4 is 5.56 Å². The number of hydrogen-bond donors (Lipinski definition) is 3. The number of H-pyrrole nitrogens is 1. The lowest BCUT2D eigenvalue weighted by Gasteiger charge is -2.25. The third-order valence-corrected chi connectivity index (χ3v) is 5.33. The van der Waals surface area contributed by atoms with Crippen LogP contribution in [0.1, 0.15) is 42.6 Å². The number of benzene rings is 1. The van der Waals surface area contributed by atoms with Gasteiger partial charge in [0.1, 0.15) is 16.9 Å². The lowest BCUT2D eigenvalue weighted by Crippen LogP contribution is -2.22. The molecule has 1 aliphatic carbocycles. The number of nitrogens with one attached hydrogen (secondary N) is 1. The Hall–Kier alpha value is -2.95. The van der Waals surface area contributed by atoms with Crippen LogP contribution in [0.5, 0.6) is 6.01 Å². The molecule has 154 valence electrons. The third kappa shape index (κ3) is 3.15. The highest BCUT2D eigenvalue weighted by atomic mass is 19.4. The molecule has 0 radical (unpaired) electrons. The van der Waals surface area contributed by atoms with E-state index in [1.54, 1.807) is 0 Å². The number of rotatable bonds is 4. The minimum atomic E-state index is -4.83. The van der Waals surface area contributed by atoms with E-state index in [0.29, 0.717) is 18.9 Å². The molecular formula is C18H16F4N4O3. The SMILES string of the molecule is CC1(C(c2ccc(C(F)(F)F)c(F)c2)n2nc(CO)c3c(=O)[nH]c(O)nc32)CC1. The van der Waals surface area contributed by atoms with Crippen LogP contribution in [-0.4, -0.2) is 30.0 Å². The van der Waals surface area contributed by atoms with Crippen LogP contribution in [0.15, 0.2) is 23.0 Å². The van der Waals surface area contributed by atoms with Crippen LogP contribution in [0.4, 0.5) is 17.6 Å². The lowest BCUT2D eigenvalue weighted by molar-refractivity contribution is -0.140. The molecule has 2 aromatic heterocycles. The van der Waals surface area contributed by atoms with Crippen molar-refractivity contribution in [1.29, 1.82) is 0 Å². The Morgan fingerprint density at radius 3 is 2.59 bits per heavy atom. The fourth-order valence-electron chi connectivity index (χ4n) is 3.63. The van der Waals surface area contributed by atoms with Gasteiger partial charge in [-0.1, -0.05) is 13.0 Å². The number of nitrogens with zero attached hydrogens (tertiary/aromatic N) is 3. The van der Waals surface area contributed by atoms with Crippen molar-refractivity contribution >= 4 is 11.0 Å². The van der Waals surface area contributed by atoms with Gasteiger partial charge in [0.05, 0.1) is 18.2 Å². The zero-order valence-corrected chi connectivity index (χ0v) is 15.1. The summed E-state index contributed by atoms with van der Waals surface area (Å²) in [6.07, 6.45) is -3.46. The van der Waals surface area contributed by atoms with Gasteiger partial charge in [-0.3, -0.25) is 9.78 Å². The Morgan fingerprint density at radius 2 is 2.03 bits per heavy atom. The van der Waals surface area contributed by atoms with Gasteiger partial charge >= 0.3 is 6.18 Å². The van der Waals surface area contributed by atoms with E-state index in [4.69, 9.17) is 0 Å². The fraction of sp³-hybridized carbons (Fsp3) is 0.389. The zero-order chi connectivity index (χ0) is 21.1. The van der Waals surface area contributed by atoms with Gasteiger partial charge in [-0.05, 0) is 36.0 Å². The summed E-state index contributed by atoms with van der Waals surface area (Å²) in [4.78, 5) is 18.2. The van der Waals surface area contributed by atoms with Gasteiger partial charge < -0.3 is 10.2 Å². The molecule has 0 saturated heterocycles. The number of aromatic hydroxyl groups is 1. The number of fused-ring (bicyclic) bond motifs is 1. The molecule has 1 aliphatic rings. The summed E-state index contributed by atoms with van der Waals surface area (Å²) in [5.41, 5.74) is -2.41. The largest absolute Gasteiger partial charge is 0.480 e. The van der Waals surface area contributed by atoms with Crippen LogP contribution in [-0.2, 0) is 12.8 Å². The monoisotopic (exact) mass is 412 g/mol. The molecule has 1 atom stereocenters. The zero-order valence-electron chi connectivity index (χ0n) is 15.1. The smallest absolute Gasteiger partial charge is 0.419 e. The summed E-state index contributed by atoms with van der Waals surface area (Å²) in [6.45, 7) is 1.26. The highest BCUT2D eigenvalue weighted by Gasteiger charge is 2.48. The highest BCUT2D eigenvalue weighted by Crippen LogP contribution is 2.56. The maximum atomic E-state index is 14.2. The van der Waals surface area contributed by atoms with Crippen molar-refractivity contribution in [3.63, 3.8) is 0 Å². The van der Waals surface area contributed by atoms with Crippen LogP contribution in [0.3, 0.4) is 0 Å². The molecule has 0 spiro atoms. The number of alkyl halides is 3. The van der Waals surface area contributed by atoms with Crippen molar-refractivity contribution < 1.29 is 27.8 Å². The maximum Gasteiger partial charge on any atom is 0.419 e. The highest BCUT2D eigenvalue weighted by molar-refractivity contribution is 5.77. The number of aliphatic hydroxyl groups is 1. The predicted octanol–water partition coefficient (Wildman–Crippen LogP) is 2.86. The molecule has 0 aliphatic heterocycles. The van der Waals surface area contributed by atoms with Crippen molar-refractivity contribution in [2.45, 2.75) is 38.6 Å².